The molecule has 1 heterocycles. The lowest BCUT2D eigenvalue weighted by Crippen LogP contribution is -2.08. The lowest BCUT2D eigenvalue weighted by molar-refractivity contribution is 0.0734. The Morgan fingerprint density at radius 1 is 0.909 bits per heavy atom. The molecule has 5 nitrogen and oxygen atoms in total. The Morgan fingerprint density at radius 2 is 1.67 bits per heavy atom. The van der Waals surface area contributed by atoms with Crippen LogP contribution in [0.3, 0.4) is 0 Å². The van der Waals surface area contributed by atoms with Crippen molar-refractivity contribution in [2.45, 2.75) is 0 Å². The Morgan fingerprint density at radius 3 is 2.42 bits per heavy atom. The molecule has 0 fully saturated rings. The number of hydrogen-bond donors (Lipinski definition) is 0. The minimum Gasteiger partial charge on any atom is -0.436 e. The summed E-state index contributed by atoms with van der Waals surface area (Å²) >= 11 is 0. The maximum absolute atomic E-state index is 13.0. The smallest absolute Gasteiger partial charge is 0.343 e. The maximum atomic E-state index is 13.0. The quantitative estimate of drug-likeness (QED) is 0.177. The second kappa shape index (κ2) is 8.88. The fourth-order valence-electron chi connectivity index (χ4n) is 3.22. The van der Waals surface area contributed by atoms with E-state index >= 15 is 0 Å². The molecule has 6 heteroatoms. The average Bonchev–Trinajstić information content (AvgIpc) is 3.28. The van der Waals surface area contributed by atoms with E-state index < -0.39 is 11.8 Å². The molecule has 4 aromatic carbocycles. The van der Waals surface area contributed by atoms with Crippen molar-refractivity contribution in [1.82, 2.24) is 4.98 Å². The second-order valence-electron chi connectivity index (χ2n) is 7.26. The highest BCUT2D eigenvalue weighted by Crippen LogP contribution is 2.27. The monoisotopic (exact) mass is 436 g/mol. The highest BCUT2D eigenvalue weighted by atomic mass is 19.1. The van der Waals surface area contributed by atoms with Gasteiger partial charge in [-0.1, -0.05) is 18.2 Å². The zero-order chi connectivity index (χ0) is 22.6. The summed E-state index contributed by atoms with van der Waals surface area (Å²) in [5.74, 6) is -0.00170. The summed E-state index contributed by atoms with van der Waals surface area (Å²) in [6, 6.07) is 27.4. The summed E-state index contributed by atoms with van der Waals surface area (Å²) in [6.07, 6.45) is 1.71. The van der Waals surface area contributed by atoms with E-state index in [0.717, 1.165) is 22.3 Å². The van der Waals surface area contributed by atoms with Gasteiger partial charge in [0.05, 0.1) is 11.3 Å². The van der Waals surface area contributed by atoms with E-state index in [0.29, 0.717) is 17.2 Å². The first kappa shape index (κ1) is 20.3. The molecule has 0 aliphatic rings. The maximum Gasteiger partial charge on any atom is 0.343 e. The summed E-state index contributed by atoms with van der Waals surface area (Å²) in [6.45, 7) is 0. The van der Waals surface area contributed by atoms with Crippen molar-refractivity contribution in [2.75, 3.05) is 0 Å². The van der Waals surface area contributed by atoms with Gasteiger partial charge >= 0.3 is 5.97 Å². The molecule has 160 valence electrons. The van der Waals surface area contributed by atoms with Crippen LogP contribution in [0.15, 0.2) is 106 Å². The van der Waals surface area contributed by atoms with Crippen LogP contribution in [-0.2, 0) is 0 Å². The Bertz CT molecular complexity index is 1440. The number of carbonyl (C=O) groups excluding carboxylic acids is 1. The van der Waals surface area contributed by atoms with Crippen molar-refractivity contribution in [1.29, 1.82) is 0 Å². The molecule has 0 unspecified atom stereocenters. The molecule has 0 atom stereocenters. The predicted octanol–water partition coefficient (Wildman–Crippen LogP) is 6.60. The van der Waals surface area contributed by atoms with Crippen LogP contribution < -0.4 is 4.74 Å². The van der Waals surface area contributed by atoms with Crippen molar-refractivity contribution in [3.63, 3.8) is 0 Å². The molecule has 0 aliphatic heterocycles. The second-order valence-corrected chi connectivity index (χ2v) is 7.26. The van der Waals surface area contributed by atoms with Crippen LogP contribution in [0.5, 0.6) is 5.75 Å². The van der Waals surface area contributed by atoms with Gasteiger partial charge < -0.3 is 9.15 Å². The molecule has 0 radical (unpaired) electrons. The topological polar surface area (TPSA) is 64.7 Å². The highest BCUT2D eigenvalue weighted by molar-refractivity contribution is 5.91. The standard InChI is InChI=1S/C27H17FN2O3/c28-21-10-8-20(9-11-21)27(31)32-23-13-6-18(7-14-23)17-29-22-12-15-25-24(16-22)30-26(33-25)19-4-2-1-3-5-19/h1-17H. The van der Waals surface area contributed by atoms with Crippen molar-refractivity contribution in [3.8, 4) is 17.2 Å². The molecule has 33 heavy (non-hydrogen) atoms. The van der Waals surface area contributed by atoms with Gasteiger partial charge in [0.25, 0.3) is 0 Å². The fraction of sp³-hybridized carbons (Fsp3) is 0. The Balaban J connectivity index is 1.28. The van der Waals surface area contributed by atoms with Crippen molar-refractivity contribution < 1.29 is 18.3 Å². The minimum absolute atomic E-state index is 0.278. The number of rotatable bonds is 5. The average molecular weight is 436 g/mol. The summed E-state index contributed by atoms with van der Waals surface area (Å²) in [5.41, 5.74) is 4.19. The fourth-order valence-corrected chi connectivity index (χ4v) is 3.22. The number of oxazole rings is 1. The Hall–Kier alpha value is -4.58. The summed E-state index contributed by atoms with van der Waals surface area (Å²) in [4.78, 5) is 21.2. The van der Waals surface area contributed by atoms with Crippen LogP contribution in [0.25, 0.3) is 22.6 Å². The van der Waals surface area contributed by atoms with E-state index in [1.807, 2.05) is 48.5 Å². The molecule has 5 aromatic rings. The zero-order valence-corrected chi connectivity index (χ0v) is 17.3. The molecule has 0 aliphatic carbocycles. The number of halogens is 1. The Kier molecular flexibility index (Phi) is 5.47. The van der Waals surface area contributed by atoms with Crippen LogP contribution in [0.4, 0.5) is 10.1 Å². The number of nitrogens with zero attached hydrogens (tertiary/aromatic N) is 2. The largest absolute Gasteiger partial charge is 0.436 e. The molecule has 5 rings (SSSR count). The number of aromatic nitrogens is 1. The number of ether oxygens (including phenoxy) is 1. The van der Waals surface area contributed by atoms with Gasteiger partial charge in [-0.3, -0.25) is 4.99 Å². The van der Waals surface area contributed by atoms with E-state index in [9.17, 15) is 9.18 Å². The molecule has 0 N–H and O–H groups in total. The highest BCUT2D eigenvalue weighted by Gasteiger charge is 2.09. The van der Waals surface area contributed by atoms with Crippen molar-refractivity contribution in [3.05, 3.63) is 114 Å². The van der Waals surface area contributed by atoms with E-state index in [-0.39, 0.29) is 5.56 Å². The van der Waals surface area contributed by atoms with Crippen LogP contribution in [0, 0.1) is 5.82 Å². The molecule has 0 saturated heterocycles. The predicted molar refractivity (Wildman–Crippen MR) is 124 cm³/mol. The van der Waals surface area contributed by atoms with Crippen LogP contribution >= 0.6 is 0 Å². The van der Waals surface area contributed by atoms with Gasteiger partial charge in [0.2, 0.25) is 5.89 Å². The number of aliphatic imine (C=N–C) groups is 1. The normalized spacial score (nSPS) is 11.2. The van der Waals surface area contributed by atoms with E-state index in [1.165, 1.54) is 24.3 Å². The van der Waals surface area contributed by atoms with Gasteiger partial charge in [-0.25, -0.2) is 14.2 Å². The summed E-state index contributed by atoms with van der Waals surface area (Å²) in [7, 11) is 0. The number of hydrogen-bond acceptors (Lipinski definition) is 5. The van der Waals surface area contributed by atoms with E-state index in [1.54, 1.807) is 30.5 Å². The Labute approximate surface area is 188 Å². The molecule has 0 saturated carbocycles. The van der Waals surface area contributed by atoms with Gasteiger partial charge in [-0.05, 0) is 84.4 Å². The van der Waals surface area contributed by atoms with Gasteiger partial charge in [0, 0.05) is 11.8 Å². The van der Waals surface area contributed by atoms with Gasteiger partial charge in [0.15, 0.2) is 5.58 Å². The summed E-state index contributed by atoms with van der Waals surface area (Å²) in [5, 5.41) is 0. The molecular weight excluding hydrogens is 419 g/mol. The zero-order valence-electron chi connectivity index (χ0n) is 17.3. The molecule has 1 aromatic heterocycles. The van der Waals surface area contributed by atoms with E-state index in [2.05, 4.69) is 9.98 Å². The van der Waals surface area contributed by atoms with Gasteiger partial charge in [-0.2, -0.15) is 0 Å². The van der Waals surface area contributed by atoms with Gasteiger partial charge in [0.1, 0.15) is 17.1 Å². The molecule has 0 bridgehead atoms. The van der Waals surface area contributed by atoms with Gasteiger partial charge in [-0.15, -0.1) is 0 Å². The SMILES string of the molecule is O=C(Oc1ccc(C=Nc2ccc3oc(-c4ccccc4)nc3c2)cc1)c1ccc(F)cc1. The first-order valence-electron chi connectivity index (χ1n) is 10.2. The van der Waals surface area contributed by atoms with Crippen LogP contribution in [0.1, 0.15) is 15.9 Å². The summed E-state index contributed by atoms with van der Waals surface area (Å²) < 4.78 is 24.1. The lowest BCUT2D eigenvalue weighted by Gasteiger charge is -2.04. The third-order valence-electron chi connectivity index (χ3n) is 4.93. The van der Waals surface area contributed by atoms with Crippen LogP contribution in [0.2, 0.25) is 0 Å². The molecule has 0 spiro atoms. The van der Waals surface area contributed by atoms with E-state index in [4.69, 9.17) is 9.15 Å². The third kappa shape index (κ3) is 4.70. The van der Waals surface area contributed by atoms with Crippen molar-refractivity contribution in [2.24, 2.45) is 4.99 Å². The number of carbonyl (C=O) groups is 1. The first-order valence-corrected chi connectivity index (χ1v) is 10.2. The minimum atomic E-state index is -0.549. The van der Waals surface area contributed by atoms with Crippen molar-refractivity contribution >= 4 is 29.0 Å². The third-order valence-corrected chi connectivity index (χ3v) is 4.93. The lowest BCUT2D eigenvalue weighted by atomic mass is 10.2. The number of esters is 1. The molecule has 0 amide bonds. The first-order chi connectivity index (χ1) is 16.1. The number of fused-ring (bicyclic) bond motifs is 1. The number of benzene rings is 4. The molecular formula is C27H17FN2O3. The van der Waals surface area contributed by atoms with Crippen LogP contribution in [-0.4, -0.2) is 17.2 Å².